The first-order valence-electron chi connectivity index (χ1n) is 6.36. The van der Waals surface area contributed by atoms with Gasteiger partial charge in [-0.1, -0.05) is 6.07 Å². The summed E-state index contributed by atoms with van der Waals surface area (Å²) in [4.78, 5) is 23.6. The summed E-state index contributed by atoms with van der Waals surface area (Å²) < 4.78 is 10.4. The predicted molar refractivity (Wildman–Crippen MR) is 79.2 cm³/mol. The minimum atomic E-state index is -0.785. The van der Waals surface area contributed by atoms with Crippen molar-refractivity contribution >= 4 is 17.6 Å². The van der Waals surface area contributed by atoms with E-state index in [-0.39, 0.29) is 28.2 Å². The quantitative estimate of drug-likeness (QED) is 0.815. The van der Waals surface area contributed by atoms with Gasteiger partial charge in [-0.15, -0.1) is 0 Å². The van der Waals surface area contributed by atoms with Gasteiger partial charge < -0.3 is 24.9 Å². The van der Waals surface area contributed by atoms with Crippen LogP contribution in [0.1, 0.15) is 26.4 Å². The second-order valence-electron chi connectivity index (χ2n) is 4.44. The number of esters is 2. The number of aromatic nitrogens is 1. The normalized spacial score (nSPS) is 9.96. The third-order valence-electron chi connectivity index (χ3n) is 3.22. The third-order valence-corrected chi connectivity index (χ3v) is 3.22. The summed E-state index contributed by atoms with van der Waals surface area (Å²) in [7, 11) is 2.34. The molecular formula is C15H13N3O5. The number of phenolic OH excluding ortho intramolecular Hbond substituents is 1. The van der Waals surface area contributed by atoms with Crippen molar-refractivity contribution in [1.82, 2.24) is 4.57 Å². The molecule has 0 spiro atoms. The molecule has 0 radical (unpaired) electrons. The van der Waals surface area contributed by atoms with Crippen LogP contribution in [0.15, 0.2) is 24.4 Å². The van der Waals surface area contributed by atoms with Crippen LogP contribution in [-0.4, -0.2) is 35.8 Å². The monoisotopic (exact) mass is 315 g/mol. The molecule has 1 aromatic carbocycles. The number of rotatable bonds is 3. The van der Waals surface area contributed by atoms with Crippen LogP contribution in [0.4, 0.5) is 5.69 Å². The Morgan fingerprint density at radius 3 is 2.48 bits per heavy atom. The highest BCUT2D eigenvalue weighted by atomic mass is 16.5. The Morgan fingerprint density at radius 2 is 1.91 bits per heavy atom. The van der Waals surface area contributed by atoms with E-state index in [0.717, 1.165) is 7.11 Å². The molecule has 0 aliphatic heterocycles. The van der Waals surface area contributed by atoms with Gasteiger partial charge in [0.2, 0.25) is 0 Å². The number of methoxy groups -OCH3 is 2. The van der Waals surface area contributed by atoms with Crippen molar-refractivity contribution in [3.8, 4) is 17.5 Å². The smallest absolute Gasteiger partial charge is 0.357 e. The number of benzene rings is 1. The molecule has 0 aliphatic carbocycles. The highest BCUT2D eigenvalue weighted by Gasteiger charge is 2.24. The number of hydrogen-bond acceptors (Lipinski definition) is 7. The van der Waals surface area contributed by atoms with Gasteiger partial charge in [0.15, 0.2) is 11.4 Å². The van der Waals surface area contributed by atoms with Crippen molar-refractivity contribution in [2.24, 2.45) is 0 Å². The van der Waals surface area contributed by atoms with Crippen LogP contribution in [0.5, 0.6) is 5.75 Å². The fraction of sp³-hybridized carbons (Fsp3) is 0.133. The highest BCUT2D eigenvalue weighted by Crippen LogP contribution is 2.31. The van der Waals surface area contributed by atoms with Crippen molar-refractivity contribution < 1.29 is 24.2 Å². The van der Waals surface area contributed by atoms with Crippen LogP contribution in [0.2, 0.25) is 0 Å². The van der Waals surface area contributed by atoms with E-state index in [0.29, 0.717) is 0 Å². The zero-order valence-corrected chi connectivity index (χ0v) is 12.4. The topological polar surface area (TPSA) is 128 Å². The van der Waals surface area contributed by atoms with Crippen LogP contribution in [0.25, 0.3) is 5.69 Å². The van der Waals surface area contributed by atoms with Crippen LogP contribution in [0.3, 0.4) is 0 Å². The second-order valence-corrected chi connectivity index (χ2v) is 4.44. The standard InChI is InChI=1S/C15H13N3O5/c1-22-14(20)9-4-3-5-10(13(9)19)18-7-8(6-16)11(17)12(18)15(21)23-2/h3-5,7,19H,17H2,1-2H3. The van der Waals surface area contributed by atoms with Crippen molar-refractivity contribution in [3.05, 3.63) is 41.2 Å². The van der Waals surface area contributed by atoms with Gasteiger partial charge >= 0.3 is 11.9 Å². The number of anilines is 1. The van der Waals surface area contributed by atoms with Gasteiger partial charge in [-0.05, 0) is 12.1 Å². The molecule has 1 heterocycles. The van der Waals surface area contributed by atoms with Gasteiger partial charge in [0.05, 0.1) is 31.2 Å². The molecule has 2 rings (SSSR count). The second kappa shape index (κ2) is 6.11. The first-order valence-corrected chi connectivity index (χ1v) is 6.36. The zero-order chi connectivity index (χ0) is 17.1. The van der Waals surface area contributed by atoms with Crippen molar-refractivity contribution in [3.63, 3.8) is 0 Å². The SMILES string of the molecule is COC(=O)c1cccc(-n2cc(C#N)c(N)c2C(=O)OC)c1O. The van der Waals surface area contributed by atoms with Crippen LogP contribution >= 0.6 is 0 Å². The number of carbonyl (C=O) groups excluding carboxylic acids is 2. The minimum Gasteiger partial charge on any atom is -0.505 e. The maximum atomic E-state index is 11.9. The number of aromatic hydroxyl groups is 1. The average Bonchev–Trinajstić information content (AvgIpc) is 2.90. The van der Waals surface area contributed by atoms with E-state index < -0.39 is 17.7 Å². The summed E-state index contributed by atoms with van der Waals surface area (Å²) >= 11 is 0. The summed E-state index contributed by atoms with van der Waals surface area (Å²) in [5, 5.41) is 19.4. The van der Waals surface area contributed by atoms with Gasteiger partial charge in [0, 0.05) is 6.20 Å². The molecule has 0 bridgehead atoms. The lowest BCUT2D eigenvalue weighted by molar-refractivity contribution is 0.0588. The lowest BCUT2D eigenvalue weighted by atomic mass is 10.1. The van der Waals surface area contributed by atoms with Crippen molar-refractivity contribution in [1.29, 1.82) is 5.26 Å². The Balaban J connectivity index is 2.75. The summed E-state index contributed by atoms with van der Waals surface area (Å²) in [6, 6.07) is 6.15. The van der Waals surface area contributed by atoms with Gasteiger partial charge in [0.25, 0.3) is 0 Å². The zero-order valence-electron chi connectivity index (χ0n) is 12.4. The average molecular weight is 315 g/mol. The Bertz CT molecular complexity index is 832. The Hall–Kier alpha value is -3.47. The number of para-hydroxylation sites is 1. The molecule has 0 atom stereocenters. The first kappa shape index (κ1) is 15.9. The molecule has 0 amide bonds. The molecule has 0 unspecified atom stereocenters. The van der Waals surface area contributed by atoms with E-state index in [1.165, 1.54) is 36.1 Å². The number of phenols is 1. The fourth-order valence-corrected chi connectivity index (χ4v) is 2.10. The lowest BCUT2D eigenvalue weighted by Crippen LogP contribution is -2.12. The number of nitriles is 1. The Labute approximate surface area is 131 Å². The number of hydrogen-bond donors (Lipinski definition) is 2. The molecule has 8 heteroatoms. The fourth-order valence-electron chi connectivity index (χ4n) is 2.10. The van der Waals surface area contributed by atoms with Crippen LogP contribution < -0.4 is 5.73 Å². The minimum absolute atomic E-state index is 0.0354. The maximum absolute atomic E-state index is 11.9. The number of carbonyl (C=O) groups is 2. The molecule has 2 aromatic rings. The molecule has 0 aliphatic rings. The summed E-state index contributed by atoms with van der Waals surface area (Å²) in [6.07, 6.45) is 1.28. The van der Waals surface area contributed by atoms with E-state index in [9.17, 15) is 14.7 Å². The summed E-state index contributed by atoms with van der Waals surface area (Å²) in [6.45, 7) is 0. The molecular weight excluding hydrogens is 302 g/mol. The molecule has 0 fully saturated rings. The predicted octanol–water partition coefficient (Wildman–Crippen LogP) is 1.21. The Kier molecular flexibility index (Phi) is 4.23. The lowest BCUT2D eigenvalue weighted by Gasteiger charge is -2.12. The molecule has 3 N–H and O–H groups in total. The summed E-state index contributed by atoms with van der Waals surface area (Å²) in [5.74, 6) is -1.94. The van der Waals surface area contributed by atoms with E-state index in [1.807, 2.05) is 6.07 Å². The number of nitrogens with zero attached hydrogens (tertiary/aromatic N) is 2. The molecule has 0 saturated carbocycles. The van der Waals surface area contributed by atoms with Gasteiger partial charge in [-0.3, -0.25) is 0 Å². The number of ether oxygens (including phenoxy) is 2. The largest absolute Gasteiger partial charge is 0.505 e. The Morgan fingerprint density at radius 1 is 1.26 bits per heavy atom. The highest BCUT2D eigenvalue weighted by molar-refractivity contribution is 5.97. The van der Waals surface area contributed by atoms with Crippen LogP contribution in [-0.2, 0) is 9.47 Å². The molecule has 8 nitrogen and oxygen atoms in total. The third kappa shape index (κ3) is 2.55. The molecule has 1 aromatic heterocycles. The van der Waals surface area contributed by atoms with Crippen molar-refractivity contribution in [2.75, 3.05) is 20.0 Å². The van der Waals surface area contributed by atoms with Crippen LogP contribution in [0, 0.1) is 11.3 Å². The number of nitrogen functional groups attached to an aromatic ring is 1. The summed E-state index contributed by atoms with van der Waals surface area (Å²) in [5.41, 5.74) is 5.61. The first-order chi connectivity index (χ1) is 11.0. The van der Waals surface area contributed by atoms with Gasteiger partial charge in [-0.2, -0.15) is 5.26 Å². The van der Waals surface area contributed by atoms with Crippen molar-refractivity contribution in [2.45, 2.75) is 0 Å². The van der Waals surface area contributed by atoms with E-state index >= 15 is 0 Å². The van der Waals surface area contributed by atoms with E-state index in [2.05, 4.69) is 9.47 Å². The molecule has 0 saturated heterocycles. The van der Waals surface area contributed by atoms with Gasteiger partial charge in [0.1, 0.15) is 11.6 Å². The maximum Gasteiger partial charge on any atom is 0.357 e. The molecule has 23 heavy (non-hydrogen) atoms. The van der Waals surface area contributed by atoms with Gasteiger partial charge in [-0.25, -0.2) is 9.59 Å². The van der Waals surface area contributed by atoms with E-state index in [4.69, 9.17) is 11.0 Å². The molecule has 118 valence electrons. The number of nitrogens with two attached hydrogens (primary N) is 1. The van der Waals surface area contributed by atoms with E-state index in [1.54, 1.807) is 0 Å².